The standard InChI is InChI=1S/C8H18O2.Na/c1-2-3-4-5-6-7-8-10-9;/h9H,2-8H2,1H3;/q;+1/p-1. The fourth-order valence-electron chi connectivity index (χ4n) is 0.941. The van der Waals surface area contributed by atoms with Crippen LogP contribution in [0.3, 0.4) is 0 Å². The van der Waals surface area contributed by atoms with Crippen LogP contribution in [0.15, 0.2) is 0 Å². The summed E-state index contributed by atoms with van der Waals surface area (Å²) in [5.74, 6) is 0. The van der Waals surface area contributed by atoms with Crippen molar-refractivity contribution in [1.82, 2.24) is 0 Å². The van der Waals surface area contributed by atoms with Crippen LogP contribution in [0.1, 0.15) is 45.4 Å². The van der Waals surface area contributed by atoms with Gasteiger partial charge in [0.05, 0.1) is 0 Å². The fourth-order valence-corrected chi connectivity index (χ4v) is 0.941. The second-order valence-electron chi connectivity index (χ2n) is 2.59. The van der Waals surface area contributed by atoms with Gasteiger partial charge in [0.2, 0.25) is 0 Å². The van der Waals surface area contributed by atoms with Crippen molar-refractivity contribution in [3.8, 4) is 0 Å². The van der Waals surface area contributed by atoms with Gasteiger partial charge in [0.1, 0.15) is 0 Å². The van der Waals surface area contributed by atoms with Gasteiger partial charge in [0, 0.05) is 6.61 Å². The van der Waals surface area contributed by atoms with Crippen molar-refractivity contribution in [2.24, 2.45) is 0 Å². The maximum Gasteiger partial charge on any atom is 1.00 e. The molecular weight excluding hydrogens is 151 g/mol. The van der Waals surface area contributed by atoms with E-state index in [4.69, 9.17) is 0 Å². The van der Waals surface area contributed by atoms with E-state index in [-0.39, 0.29) is 29.6 Å². The van der Waals surface area contributed by atoms with E-state index in [1.165, 1.54) is 25.7 Å². The average Bonchev–Trinajstić information content (AvgIpc) is 1.97. The average molecular weight is 168 g/mol. The molecule has 0 radical (unpaired) electrons. The van der Waals surface area contributed by atoms with Gasteiger partial charge in [-0.1, -0.05) is 39.0 Å². The SMILES string of the molecule is CCCCCCCCO[O-].[Na+]. The summed E-state index contributed by atoms with van der Waals surface area (Å²) < 4.78 is 0. The smallest absolute Gasteiger partial charge is 0.723 e. The Morgan fingerprint density at radius 1 is 1.00 bits per heavy atom. The van der Waals surface area contributed by atoms with Crippen LogP contribution in [0.25, 0.3) is 0 Å². The Morgan fingerprint density at radius 2 is 1.55 bits per heavy atom. The van der Waals surface area contributed by atoms with Gasteiger partial charge in [-0.15, -0.1) is 0 Å². The minimum atomic E-state index is 0. The van der Waals surface area contributed by atoms with Crippen molar-refractivity contribution < 1.29 is 39.7 Å². The van der Waals surface area contributed by atoms with E-state index in [1.807, 2.05) is 0 Å². The molecule has 2 nitrogen and oxygen atoms in total. The van der Waals surface area contributed by atoms with Crippen molar-refractivity contribution in [2.45, 2.75) is 45.4 Å². The first-order valence-corrected chi connectivity index (χ1v) is 4.16. The van der Waals surface area contributed by atoms with Gasteiger partial charge < -0.3 is 10.1 Å². The Bertz CT molecular complexity index is 52.1. The zero-order chi connectivity index (χ0) is 7.66. The molecule has 3 heteroatoms. The third-order valence-electron chi connectivity index (χ3n) is 1.58. The molecule has 62 valence electrons. The van der Waals surface area contributed by atoms with Gasteiger partial charge >= 0.3 is 29.6 Å². The molecular formula is C8H17NaO2. The molecule has 0 rings (SSSR count). The van der Waals surface area contributed by atoms with Gasteiger partial charge in [0.25, 0.3) is 0 Å². The molecule has 0 spiro atoms. The van der Waals surface area contributed by atoms with Crippen LogP contribution in [0, 0.1) is 0 Å². The molecule has 0 aliphatic carbocycles. The number of hydrogen-bond acceptors (Lipinski definition) is 2. The first-order chi connectivity index (χ1) is 4.91. The van der Waals surface area contributed by atoms with Crippen LogP contribution in [-0.4, -0.2) is 6.61 Å². The summed E-state index contributed by atoms with van der Waals surface area (Å²) >= 11 is 0. The van der Waals surface area contributed by atoms with Gasteiger partial charge in [-0.05, 0) is 6.42 Å². The molecule has 0 amide bonds. The van der Waals surface area contributed by atoms with Gasteiger partial charge in [-0.3, -0.25) is 0 Å². The maximum atomic E-state index is 9.52. The van der Waals surface area contributed by atoms with Crippen molar-refractivity contribution in [1.29, 1.82) is 0 Å². The third kappa shape index (κ3) is 13.9. The van der Waals surface area contributed by atoms with Gasteiger partial charge in [-0.25, -0.2) is 0 Å². The number of unbranched alkanes of at least 4 members (excludes halogenated alkanes) is 5. The summed E-state index contributed by atoms with van der Waals surface area (Å²) in [5, 5.41) is 9.52. The number of hydrogen-bond donors (Lipinski definition) is 0. The van der Waals surface area contributed by atoms with Crippen LogP contribution in [0.5, 0.6) is 0 Å². The summed E-state index contributed by atoms with van der Waals surface area (Å²) in [6.07, 6.45) is 7.21. The van der Waals surface area contributed by atoms with Crippen molar-refractivity contribution in [2.75, 3.05) is 6.61 Å². The molecule has 0 aromatic heterocycles. The zero-order valence-electron chi connectivity index (χ0n) is 7.77. The van der Waals surface area contributed by atoms with Crippen LogP contribution in [-0.2, 0) is 4.89 Å². The molecule has 0 fully saturated rings. The van der Waals surface area contributed by atoms with Gasteiger partial charge in [0.15, 0.2) is 0 Å². The second-order valence-corrected chi connectivity index (χ2v) is 2.59. The Kier molecular flexibility index (Phi) is 17.7. The summed E-state index contributed by atoms with van der Waals surface area (Å²) in [5.41, 5.74) is 0. The fraction of sp³-hybridized carbons (Fsp3) is 1.00. The third-order valence-corrected chi connectivity index (χ3v) is 1.58. The van der Waals surface area contributed by atoms with E-state index in [1.54, 1.807) is 0 Å². The van der Waals surface area contributed by atoms with Crippen LogP contribution in [0.4, 0.5) is 0 Å². The maximum absolute atomic E-state index is 9.52. The normalized spacial score (nSPS) is 9.27. The minimum Gasteiger partial charge on any atom is -0.723 e. The molecule has 0 atom stereocenters. The zero-order valence-corrected chi connectivity index (χ0v) is 9.77. The van der Waals surface area contributed by atoms with Crippen LogP contribution < -0.4 is 34.8 Å². The predicted molar refractivity (Wildman–Crippen MR) is 39.3 cm³/mol. The van der Waals surface area contributed by atoms with Crippen molar-refractivity contribution in [3.63, 3.8) is 0 Å². The Balaban J connectivity index is 0. The molecule has 0 aromatic rings. The van der Waals surface area contributed by atoms with Crippen molar-refractivity contribution >= 4 is 0 Å². The first-order valence-electron chi connectivity index (χ1n) is 4.16. The summed E-state index contributed by atoms with van der Waals surface area (Å²) in [6, 6.07) is 0. The van der Waals surface area contributed by atoms with E-state index in [9.17, 15) is 5.26 Å². The Morgan fingerprint density at radius 3 is 2.09 bits per heavy atom. The molecule has 0 N–H and O–H groups in total. The van der Waals surface area contributed by atoms with E-state index >= 15 is 0 Å². The minimum absolute atomic E-state index is 0. The molecule has 11 heavy (non-hydrogen) atoms. The van der Waals surface area contributed by atoms with Crippen LogP contribution in [0.2, 0.25) is 0 Å². The topological polar surface area (TPSA) is 32.3 Å². The van der Waals surface area contributed by atoms with E-state index in [2.05, 4.69) is 11.8 Å². The van der Waals surface area contributed by atoms with E-state index in [0.29, 0.717) is 6.61 Å². The van der Waals surface area contributed by atoms with Gasteiger partial charge in [-0.2, -0.15) is 0 Å². The monoisotopic (exact) mass is 168 g/mol. The summed E-state index contributed by atoms with van der Waals surface area (Å²) in [4.78, 5) is 3.70. The largest absolute Gasteiger partial charge is 1.00 e. The molecule has 0 aliphatic heterocycles. The second kappa shape index (κ2) is 13.5. The van der Waals surface area contributed by atoms with Crippen molar-refractivity contribution in [3.05, 3.63) is 0 Å². The van der Waals surface area contributed by atoms with Crippen LogP contribution >= 0.6 is 0 Å². The van der Waals surface area contributed by atoms with E-state index < -0.39 is 0 Å². The summed E-state index contributed by atoms with van der Waals surface area (Å²) in [7, 11) is 0. The molecule has 0 heterocycles. The molecule has 0 aliphatic rings. The molecule has 0 saturated heterocycles. The van der Waals surface area contributed by atoms with E-state index in [0.717, 1.165) is 12.8 Å². The Labute approximate surface area is 91.5 Å². The molecule has 0 bridgehead atoms. The predicted octanol–water partition coefficient (Wildman–Crippen LogP) is -1.36. The first kappa shape index (κ1) is 14.4. The molecule has 0 aromatic carbocycles. The quantitative estimate of drug-likeness (QED) is 0.204. The molecule has 0 unspecified atom stereocenters. The molecule has 0 saturated carbocycles. The summed E-state index contributed by atoms with van der Waals surface area (Å²) in [6.45, 7) is 2.58. The Hall–Kier alpha value is 0.920. The number of rotatable bonds is 7.